The summed E-state index contributed by atoms with van der Waals surface area (Å²) in [6, 6.07) is 1.97. The van der Waals surface area contributed by atoms with Gasteiger partial charge < -0.3 is 4.74 Å². The lowest BCUT2D eigenvalue weighted by Gasteiger charge is -2.17. The third kappa shape index (κ3) is 2.31. The van der Waals surface area contributed by atoms with Crippen LogP contribution in [-0.4, -0.2) is 9.97 Å². The van der Waals surface area contributed by atoms with Crippen LogP contribution in [0.5, 0.6) is 5.75 Å². The van der Waals surface area contributed by atoms with Gasteiger partial charge in [-0.2, -0.15) is 0 Å². The van der Waals surface area contributed by atoms with Crippen LogP contribution in [0.4, 0.5) is 0 Å². The molecule has 0 atom stereocenters. The molecule has 0 N–H and O–H groups in total. The van der Waals surface area contributed by atoms with Gasteiger partial charge in [-0.25, -0.2) is 4.98 Å². The van der Waals surface area contributed by atoms with Gasteiger partial charge in [-0.3, -0.25) is 4.98 Å². The maximum atomic E-state index is 5.86. The Labute approximate surface area is 105 Å². The molecule has 17 heavy (non-hydrogen) atoms. The highest BCUT2D eigenvalue weighted by atomic mass is 32.1. The predicted molar refractivity (Wildman–Crippen MR) is 67.3 cm³/mol. The topological polar surface area (TPSA) is 35.0 Å². The molecule has 2 aromatic rings. The molecular weight excluding hydrogens is 232 g/mol. The molecule has 0 spiro atoms. The molecule has 0 aliphatic heterocycles. The van der Waals surface area contributed by atoms with Gasteiger partial charge in [0.1, 0.15) is 17.4 Å². The van der Waals surface area contributed by atoms with Crippen LogP contribution in [0, 0.1) is 0 Å². The van der Waals surface area contributed by atoms with E-state index < -0.39 is 0 Å². The number of hydrogen-bond acceptors (Lipinski definition) is 4. The maximum absolute atomic E-state index is 5.86. The number of aryl methyl sites for hydroxylation is 1. The SMILES string of the molecule is c1csc(COc2ccnc3c2CCCC3)n1. The molecule has 0 saturated heterocycles. The van der Waals surface area contributed by atoms with Crippen molar-refractivity contribution in [2.24, 2.45) is 0 Å². The van der Waals surface area contributed by atoms with Gasteiger partial charge in [0.25, 0.3) is 0 Å². The molecule has 0 radical (unpaired) electrons. The van der Waals surface area contributed by atoms with Crippen molar-refractivity contribution in [2.75, 3.05) is 0 Å². The van der Waals surface area contributed by atoms with Crippen LogP contribution >= 0.6 is 11.3 Å². The quantitative estimate of drug-likeness (QED) is 0.835. The number of ether oxygens (including phenoxy) is 1. The first kappa shape index (κ1) is 10.7. The highest BCUT2D eigenvalue weighted by molar-refractivity contribution is 7.09. The highest BCUT2D eigenvalue weighted by Gasteiger charge is 2.15. The Morgan fingerprint density at radius 1 is 1.18 bits per heavy atom. The Kier molecular flexibility index (Phi) is 3.05. The zero-order valence-corrected chi connectivity index (χ0v) is 10.4. The van der Waals surface area contributed by atoms with Gasteiger partial charge in [0, 0.05) is 29.0 Å². The van der Waals surface area contributed by atoms with Crippen LogP contribution in [-0.2, 0) is 19.4 Å². The highest BCUT2D eigenvalue weighted by Crippen LogP contribution is 2.28. The molecule has 88 valence electrons. The second-order valence-corrected chi connectivity index (χ2v) is 5.14. The predicted octanol–water partition coefficient (Wildman–Crippen LogP) is 3.00. The number of fused-ring (bicyclic) bond motifs is 1. The van der Waals surface area contributed by atoms with Gasteiger partial charge in [0.15, 0.2) is 0 Å². The van der Waals surface area contributed by atoms with Crippen molar-refractivity contribution >= 4 is 11.3 Å². The Morgan fingerprint density at radius 3 is 3.00 bits per heavy atom. The minimum Gasteiger partial charge on any atom is -0.486 e. The minimum absolute atomic E-state index is 0.564. The van der Waals surface area contributed by atoms with E-state index in [-0.39, 0.29) is 0 Å². The van der Waals surface area contributed by atoms with Gasteiger partial charge in [0.2, 0.25) is 0 Å². The normalized spacial score (nSPS) is 14.4. The van der Waals surface area contributed by atoms with Gasteiger partial charge in [0.05, 0.1) is 0 Å². The van der Waals surface area contributed by atoms with E-state index in [4.69, 9.17) is 4.74 Å². The number of aromatic nitrogens is 2. The standard InChI is InChI=1S/C13H14N2OS/c1-2-4-11-10(3-1)12(5-6-14-11)16-9-13-15-7-8-17-13/h5-8H,1-4,9H2. The molecule has 1 aliphatic rings. The third-order valence-corrected chi connectivity index (χ3v) is 3.78. The molecule has 0 unspecified atom stereocenters. The maximum Gasteiger partial charge on any atom is 0.140 e. The van der Waals surface area contributed by atoms with Crippen molar-refractivity contribution in [3.63, 3.8) is 0 Å². The second-order valence-electron chi connectivity index (χ2n) is 4.16. The number of nitrogens with zero attached hydrogens (tertiary/aromatic N) is 2. The Bertz CT molecular complexity index is 496. The molecule has 4 heteroatoms. The van der Waals surface area contributed by atoms with Crippen LogP contribution in [0.3, 0.4) is 0 Å². The van der Waals surface area contributed by atoms with Crippen molar-refractivity contribution in [1.29, 1.82) is 0 Å². The van der Waals surface area contributed by atoms with Gasteiger partial charge in [-0.15, -0.1) is 11.3 Å². The van der Waals surface area contributed by atoms with E-state index in [0.717, 1.165) is 23.6 Å². The smallest absolute Gasteiger partial charge is 0.140 e. The first-order valence-electron chi connectivity index (χ1n) is 5.91. The van der Waals surface area contributed by atoms with Crippen LogP contribution < -0.4 is 4.74 Å². The monoisotopic (exact) mass is 246 g/mol. The number of thiazole rings is 1. The van der Waals surface area contributed by atoms with Gasteiger partial charge in [-0.1, -0.05) is 0 Å². The number of rotatable bonds is 3. The zero-order chi connectivity index (χ0) is 11.5. The van der Waals surface area contributed by atoms with Crippen molar-refractivity contribution in [3.8, 4) is 5.75 Å². The summed E-state index contributed by atoms with van der Waals surface area (Å²) in [5, 5.41) is 2.99. The molecule has 0 saturated carbocycles. The Balaban J connectivity index is 1.78. The van der Waals surface area contributed by atoms with Crippen molar-refractivity contribution in [2.45, 2.75) is 32.3 Å². The summed E-state index contributed by atoms with van der Waals surface area (Å²) in [7, 11) is 0. The average molecular weight is 246 g/mol. The molecule has 0 amide bonds. The minimum atomic E-state index is 0.564. The van der Waals surface area contributed by atoms with E-state index in [1.165, 1.54) is 24.1 Å². The molecule has 2 heterocycles. The molecule has 0 aromatic carbocycles. The molecular formula is C13H14N2OS. The lowest BCUT2D eigenvalue weighted by Crippen LogP contribution is -2.08. The van der Waals surface area contributed by atoms with Crippen LogP contribution in [0.1, 0.15) is 29.1 Å². The molecule has 3 nitrogen and oxygen atoms in total. The molecule has 1 aliphatic carbocycles. The summed E-state index contributed by atoms with van der Waals surface area (Å²) in [6.07, 6.45) is 8.33. The van der Waals surface area contributed by atoms with E-state index in [2.05, 4.69) is 9.97 Å². The zero-order valence-electron chi connectivity index (χ0n) is 9.56. The van der Waals surface area contributed by atoms with Crippen LogP contribution in [0.2, 0.25) is 0 Å². The molecule has 3 rings (SSSR count). The van der Waals surface area contributed by atoms with Crippen molar-refractivity contribution < 1.29 is 4.74 Å². The third-order valence-electron chi connectivity index (χ3n) is 3.03. The van der Waals surface area contributed by atoms with Crippen LogP contribution in [0.25, 0.3) is 0 Å². The van der Waals surface area contributed by atoms with Gasteiger partial charge in [-0.05, 0) is 31.7 Å². The second kappa shape index (κ2) is 4.84. The fourth-order valence-electron chi connectivity index (χ4n) is 2.19. The summed E-state index contributed by atoms with van der Waals surface area (Å²) >= 11 is 1.63. The van der Waals surface area contributed by atoms with E-state index in [9.17, 15) is 0 Å². The first-order chi connectivity index (χ1) is 8.43. The van der Waals surface area contributed by atoms with E-state index in [1.54, 1.807) is 11.3 Å². The molecule has 0 fully saturated rings. The fraction of sp³-hybridized carbons (Fsp3) is 0.385. The van der Waals surface area contributed by atoms with Gasteiger partial charge >= 0.3 is 0 Å². The fourth-order valence-corrected chi connectivity index (χ4v) is 2.72. The lowest BCUT2D eigenvalue weighted by atomic mass is 9.95. The summed E-state index contributed by atoms with van der Waals surface area (Å²) in [5.74, 6) is 0.991. The summed E-state index contributed by atoms with van der Waals surface area (Å²) in [5.41, 5.74) is 2.52. The Hall–Kier alpha value is -1.42. The lowest BCUT2D eigenvalue weighted by molar-refractivity contribution is 0.300. The number of pyridine rings is 1. The van der Waals surface area contributed by atoms with E-state index >= 15 is 0 Å². The average Bonchev–Trinajstić information content (AvgIpc) is 2.89. The summed E-state index contributed by atoms with van der Waals surface area (Å²) in [6.45, 7) is 0.564. The Morgan fingerprint density at radius 2 is 2.12 bits per heavy atom. The summed E-state index contributed by atoms with van der Waals surface area (Å²) < 4.78 is 5.86. The number of hydrogen-bond donors (Lipinski definition) is 0. The first-order valence-corrected chi connectivity index (χ1v) is 6.79. The van der Waals surface area contributed by atoms with E-state index in [1.807, 2.05) is 23.8 Å². The summed E-state index contributed by atoms with van der Waals surface area (Å²) in [4.78, 5) is 8.65. The van der Waals surface area contributed by atoms with Crippen molar-refractivity contribution in [1.82, 2.24) is 9.97 Å². The van der Waals surface area contributed by atoms with Crippen molar-refractivity contribution in [3.05, 3.63) is 40.1 Å². The molecule has 2 aromatic heterocycles. The van der Waals surface area contributed by atoms with E-state index in [0.29, 0.717) is 6.61 Å². The van der Waals surface area contributed by atoms with Crippen LogP contribution in [0.15, 0.2) is 23.8 Å². The molecule has 0 bridgehead atoms. The largest absolute Gasteiger partial charge is 0.486 e.